The zero-order valence-corrected chi connectivity index (χ0v) is 12.6. The van der Waals surface area contributed by atoms with Gasteiger partial charge in [0.05, 0.1) is 0 Å². The van der Waals surface area contributed by atoms with Crippen molar-refractivity contribution >= 4 is 11.9 Å². The van der Waals surface area contributed by atoms with Crippen molar-refractivity contribution in [2.24, 2.45) is 0 Å². The van der Waals surface area contributed by atoms with E-state index in [-0.39, 0.29) is 11.3 Å². The zero-order chi connectivity index (χ0) is 18.0. The Morgan fingerprint density at radius 3 is 2.60 bits per heavy atom. The molecule has 0 saturated heterocycles. The summed E-state index contributed by atoms with van der Waals surface area (Å²) in [6.45, 7) is 0. The van der Waals surface area contributed by atoms with E-state index >= 15 is 0 Å². The number of H-pyrrole nitrogens is 1. The first kappa shape index (κ1) is 16.7. The lowest BCUT2D eigenvalue weighted by molar-refractivity contribution is -0.141. The van der Waals surface area contributed by atoms with Crippen LogP contribution in [-0.4, -0.2) is 20.5 Å². The fourth-order valence-electron chi connectivity index (χ4n) is 2.16. The number of ketones is 1. The molecule has 3 rings (SSSR count). The number of aromatic amines is 1. The molecule has 1 N–H and O–H groups in total. The first-order valence-corrected chi connectivity index (χ1v) is 7.13. The van der Waals surface area contributed by atoms with Gasteiger partial charge in [-0.15, -0.1) is 0 Å². The van der Waals surface area contributed by atoms with Crippen LogP contribution in [0.1, 0.15) is 21.7 Å². The number of nitrogens with zero attached hydrogens (tertiary/aromatic N) is 2. The molecule has 0 amide bonds. The Bertz CT molecular complexity index is 924. The van der Waals surface area contributed by atoms with Gasteiger partial charge in [-0.2, -0.15) is 18.3 Å². The highest BCUT2D eigenvalue weighted by atomic mass is 19.4. The SMILES string of the molecule is O=C(/C=C/c1ccc[nH]1)c1ccc(-n2ccc(C(F)(F)F)n2)c(F)c1. The molecule has 0 bridgehead atoms. The molecule has 1 aromatic carbocycles. The normalized spacial score (nSPS) is 12.0. The predicted octanol–water partition coefficient (Wildman–Crippen LogP) is 4.25. The maximum atomic E-state index is 14.2. The van der Waals surface area contributed by atoms with Crippen LogP contribution in [0.4, 0.5) is 17.6 Å². The minimum absolute atomic E-state index is 0.0762. The summed E-state index contributed by atoms with van der Waals surface area (Å²) in [6, 6.07) is 7.76. The molecule has 128 valence electrons. The lowest BCUT2D eigenvalue weighted by Crippen LogP contribution is -2.08. The molecule has 0 atom stereocenters. The number of hydrogen-bond acceptors (Lipinski definition) is 2. The number of alkyl halides is 3. The van der Waals surface area contributed by atoms with Crippen LogP contribution in [0.2, 0.25) is 0 Å². The number of benzene rings is 1. The Morgan fingerprint density at radius 2 is 2.00 bits per heavy atom. The first-order chi connectivity index (χ1) is 11.8. The molecule has 3 aromatic rings. The summed E-state index contributed by atoms with van der Waals surface area (Å²) in [5.74, 6) is -1.28. The van der Waals surface area contributed by atoms with Crippen molar-refractivity contribution in [3.8, 4) is 5.69 Å². The topological polar surface area (TPSA) is 50.7 Å². The van der Waals surface area contributed by atoms with Gasteiger partial charge in [0.2, 0.25) is 0 Å². The summed E-state index contributed by atoms with van der Waals surface area (Å²) in [4.78, 5) is 14.9. The van der Waals surface area contributed by atoms with E-state index in [9.17, 15) is 22.4 Å². The van der Waals surface area contributed by atoms with Crippen LogP contribution in [0, 0.1) is 5.82 Å². The van der Waals surface area contributed by atoms with E-state index in [4.69, 9.17) is 0 Å². The second-order valence-electron chi connectivity index (χ2n) is 5.13. The van der Waals surface area contributed by atoms with Crippen molar-refractivity contribution < 1.29 is 22.4 Å². The molecule has 0 spiro atoms. The fraction of sp³-hybridized carbons (Fsp3) is 0.0588. The molecule has 4 nitrogen and oxygen atoms in total. The lowest BCUT2D eigenvalue weighted by atomic mass is 10.1. The molecule has 25 heavy (non-hydrogen) atoms. The van der Waals surface area contributed by atoms with Crippen LogP contribution in [0.15, 0.2) is 54.9 Å². The van der Waals surface area contributed by atoms with Crippen molar-refractivity contribution in [1.29, 1.82) is 0 Å². The summed E-state index contributed by atoms with van der Waals surface area (Å²) in [5, 5.41) is 3.31. The van der Waals surface area contributed by atoms with Crippen LogP contribution in [0.5, 0.6) is 0 Å². The van der Waals surface area contributed by atoms with Crippen LogP contribution < -0.4 is 0 Å². The molecule has 0 fully saturated rings. The van der Waals surface area contributed by atoms with Crippen LogP contribution >= 0.6 is 0 Å². The van der Waals surface area contributed by atoms with E-state index in [0.717, 1.165) is 23.0 Å². The number of carbonyl (C=O) groups excluding carboxylic acids is 1. The molecule has 0 unspecified atom stereocenters. The molecule has 2 heterocycles. The van der Waals surface area contributed by atoms with Crippen molar-refractivity contribution in [3.63, 3.8) is 0 Å². The Kier molecular flexibility index (Phi) is 4.26. The van der Waals surface area contributed by atoms with Crippen molar-refractivity contribution in [2.45, 2.75) is 6.18 Å². The van der Waals surface area contributed by atoms with E-state index in [1.54, 1.807) is 18.3 Å². The molecule has 0 saturated carbocycles. The van der Waals surface area contributed by atoms with Gasteiger partial charge in [-0.05, 0) is 48.6 Å². The standard InChI is InChI=1S/C17H11F4N3O/c18-13-10-11(15(25)6-4-12-2-1-8-22-12)3-5-14(13)24-9-7-16(23-24)17(19,20)21/h1-10,22H/b6-4+. The number of halogens is 4. The van der Waals surface area contributed by atoms with Gasteiger partial charge in [-0.1, -0.05) is 0 Å². The average Bonchev–Trinajstić information content (AvgIpc) is 3.23. The number of nitrogens with one attached hydrogen (secondary N) is 1. The molecule has 0 aliphatic carbocycles. The van der Waals surface area contributed by atoms with Crippen LogP contribution in [0.3, 0.4) is 0 Å². The zero-order valence-electron chi connectivity index (χ0n) is 12.6. The minimum atomic E-state index is -4.61. The lowest BCUT2D eigenvalue weighted by Gasteiger charge is -2.05. The van der Waals surface area contributed by atoms with Gasteiger partial charge in [0, 0.05) is 23.7 Å². The van der Waals surface area contributed by atoms with Crippen LogP contribution in [-0.2, 0) is 6.18 Å². The van der Waals surface area contributed by atoms with Crippen LogP contribution in [0.25, 0.3) is 11.8 Å². The summed E-state index contributed by atoms with van der Waals surface area (Å²) >= 11 is 0. The number of allylic oxidation sites excluding steroid dienone is 1. The summed E-state index contributed by atoms with van der Waals surface area (Å²) in [7, 11) is 0. The smallest absolute Gasteiger partial charge is 0.362 e. The van der Waals surface area contributed by atoms with E-state index in [2.05, 4.69) is 10.1 Å². The summed E-state index contributed by atoms with van der Waals surface area (Å²) in [6.07, 6.45) is 0.902. The molecular formula is C17H11F4N3O. The Balaban J connectivity index is 1.83. The highest BCUT2D eigenvalue weighted by molar-refractivity contribution is 6.06. The number of rotatable bonds is 4. The molecule has 2 aromatic heterocycles. The van der Waals surface area contributed by atoms with Gasteiger partial charge in [0.25, 0.3) is 0 Å². The number of carbonyl (C=O) groups is 1. The van der Waals surface area contributed by atoms with Crippen molar-refractivity contribution in [2.75, 3.05) is 0 Å². The second kappa shape index (κ2) is 6.39. The van der Waals surface area contributed by atoms with Crippen molar-refractivity contribution in [1.82, 2.24) is 14.8 Å². The van der Waals surface area contributed by atoms with Gasteiger partial charge in [0.15, 0.2) is 11.5 Å². The minimum Gasteiger partial charge on any atom is -0.362 e. The van der Waals surface area contributed by atoms with E-state index in [0.29, 0.717) is 5.69 Å². The number of hydrogen-bond donors (Lipinski definition) is 1. The highest BCUT2D eigenvalue weighted by Gasteiger charge is 2.33. The molecule has 0 aliphatic heterocycles. The van der Waals surface area contributed by atoms with E-state index in [1.165, 1.54) is 24.3 Å². The number of aromatic nitrogens is 3. The average molecular weight is 349 g/mol. The molecular weight excluding hydrogens is 338 g/mol. The summed E-state index contributed by atoms with van der Waals surface area (Å²) in [5.41, 5.74) is -0.518. The maximum Gasteiger partial charge on any atom is 0.435 e. The third-order valence-corrected chi connectivity index (χ3v) is 3.39. The van der Waals surface area contributed by atoms with Gasteiger partial charge < -0.3 is 4.98 Å². The van der Waals surface area contributed by atoms with Gasteiger partial charge in [-0.3, -0.25) is 4.79 Å². The highest BCUT2D eigenvalue weighted by Crippen LogP contribution is 2.28. The molecule has 0 aliphatic rings. The quantitative estimate of drug-likeness (QED) is 0.435. The first-order valence-electron chi connectivity index (χ1n) is 7.13. The fourth-order valence-corrected chi connectivity index (χ4v) is 2.16. The third-order valence-electron chi connectivity index (χ3n) is 3.39. The Morgan fingerprint density at radius 1 is 1.20 bits per heavy atom. The van der Waals surface area contributed by atoms with Crippen molar-refractivity contribution in [3.05, 3.63) is 77.6 Å². The predicted molar refractivity (Wildman–Crippen MR) is 82.7 cm³/mol. The monoisotopic (exact) mass is 349 g/mol. The van der Waals surface area contributed by atoms with Gasteiger partial charge in [-0.25, -0.2) is 9.07 Å². The van der Waals surface area contributed by atoms with Gasteiger partial charge in [0.1, 0.15) is 11.5 Å². The molecule has 8 heteroatoms. The second-order valence-corrected chi connectivity index (χ2v) is 5.13. The summed E-state index contributed by atoms with van der Waals surface area (Å²) < 4.78 is 52.7. The third kappa shape index (κ3) is 3.68. The Labute approximate surface area is 139 Å². The van der Waals surface area contributed by atoms with E-state index in [1.807, 2.05) is 0 Å². The van der Waals surface area contributed by atoms with E-state index < -0.39 is 23.5 Å². The molecule has 0 radical (unpaired) electrons. The Hall–Kier alpha value is -3.16. The largest absolute Gasteiger partial charge is 0.435 e. The van der Waals surface area contributed by atoms with Gasteiger partial charge >= 0.3 is 6.18 Å². The maximum absolute atomic E-state index is 14.2.